The smallest absolute Gasteiger partial charge is 0.231 e. The van der Waals surface area contributed by atoms with Crippen LogP contribution in [0.2, 0.25) is 0 Å². The van der Waals surface area contributed by atoms with Crippen molar-refractivity contribution in [2.75, 3.05) is 12.5 Å². The summed E-state index contributed by atoms with van der Waals surface area (Å²) >= 11 is 1.79. The molecule has 3 nitrogen and oxygen atoms in total. The van der Waals surface area contributed by atoms with Gasteiger partial charge in [-0.1, -0.05) is 6.07 Å². The van der Waals surface area contributed by atoms with E-state index in [2.05, 4.69) is 18.2 Å². The fraction of sp³-hybridized carbons (Fsp3) is 0.200. The van der Waals surface area contributed by atoms with Gasteiger partial charge in [-0.05, 0) is 48.4 Å². The van der Waals surface area contributed by atoms with Crippen LogP contribution in [0.25, 0.3) is 0 Å². The van der Waals surface area contributed by atoms with E-state index >= 15 is 0 Å². The Morgan fingerprint density at radius 3 is 2.79 bits per heavy atom. The largest absolute Gasteiger partial charge is 0.454 e. The highest BCUT2D eigenvalue weighted by Gasteiger charge is 2.13. The second-order valence-corrected chi connectivity index (χ2v) is 5.54. The molecule has 0 bridgehead atoms. The third kappa shape index (κ3) is 2.63. The predicted octanol–water partition coefficient (Wildman–Crippen LogP) is 3.60. The normalized spacial score (nSPS) is 12.7. The molecule has 3 rings (SSSR count). The van der Waals surface area contributed by atoms with E-state index in [9.17, 15) is 0 Å². The monoisotopic (exact) mass is 273 g/mol. The zero-order valence-corrected chi connectivity index (χ0v) is 11.5. The minimum absolute atomic E-state index is 0.323. The van der Waals surface area contributed by atoms with E-state index in [1.54, 1.807) is 11.8 Å². The van der Waals surface area contributed by atoms with E-state index in [-0.39, 0.29) is 0 Å². The Morgan fingerprint density at radius 1 is 1.11 bits per heavy atom. The molecule has 0 saturated carbocycles. The summed E-state index contributed by atoms with van der Waals surface area (Å²) in [7, 11) is 0. The van der Waals surface area contributed by atoms with Crippen LogP contribution in [0.3, 0.4) is 0 Å². The standard InChI is InChI=1S/C15H15NO2S/c1-10-6-12(3-4-13(10)16)19-8-11-2-5-14-15(7-11)18-9-17-14/h2-7H,8-9,16H2,1H3. The van der Waals surface area contributed by atoms with Crippen molar-refractivity contribution < 1.29 is 9.47 Å². The molecule has 0 aliphatic carbocycles. The molecular formula is C15H15NO2S. The van der Waals surface area contributed by atoms with Crippen molar-refractivity contribution in [3.63, 3.8) is 0 Å². The SMILES string of the molecule is Cc1cc(SCc2ccc3c(c2)OCO3)ccc1N. The maximum absolute atomic E-state index is 5.82. The molecule has 0 amide bonds. The average molecular weight is 273 g/mol. The van der Waals surface area contributed by atoms with Crippen LogP contribution in [-0.2, 0) is 5.75 Å². The predicted molar refractivity (Wildman–Crippen MR) is 77.7 cm³/mol. The molecule has 2 aromatic carbocycles. The van der Waals surface area contributed by atoms with E-state index in [0.717, 1.165) is 28.5 Å². The summed E-state index contributed by atoms with van der Waals surface area (Å²) in [5, 5.41) is 0. The number of nitrogens with two attached hydrogens (primary N) is 1. The van der Waals surface area contributed by atoms with Gasteiger partial charge in [-0.25, -0.2) is 0 Å². The molecule has 98 valence electrons. The highest BCUT2D eigenvalue weighted by Crippen LogP contribution is 2.34. The van der Waals surface area contributed by atoms with E-state index < -0.39 is 0 Å². The molecule has 0 unspecified atom stereocenters. The molecular weight excluding hydrogens is 258 g/mol. The van der Waals surface area contributed by atoms with Crippen molar-refractivity contribution in [1.29, 1.82) is 0 Å². The lowest BCUT2D eigenvalue weighted by molar-refractivity contribution is 0.174. The van der Waals surface area contributed by atoms with Crippen LogP contribution >= 0.6 is 11.8 Å². The molecule has 0 spiro atoms. The van der Waals surface area contributed by atoms with Gasteiger partial charge >= 0.3 is 0 Å². The van der Waals surface area contributed by atoms with Crippen molar-refractivity contribution in [2.24, 2.45) is 0 Å². The molecule has 0 saturated heterocycles. The minimum Gasteiger partial charge on any atom is -0.454 e. The fourth-order valence-electron chi connectivity index (χ4n) is 1.94. The van der Waals surface area contributed by atoms with E-state index in [1.165, 1.54) is 10.5 Å². The van der Waals surface area contributed by atoms with E-state index in [1.807, 2.05) is 25.1 Å². The van der Waals surface area contributed by atoms with Gasteiger partial charge in [0.05, 0.1) is 0 Å². The Morgan fingerprint density at radius 2 is 1.95 bits per heavy atom. The Labute approximate surface area is 116 Å². The van der Waals surface area contributed by atoms with E-state index in [0.29, 0.717) is 6.79 Å². The number of benzene rings is 2. The van der Waals surface area contributed by atoms with Gasteiger partial charge in [0.25, 0.3) is 0 Å². The number of hydrogen-bond acceptors (Lipinski definition) is 4. The lowest BCUT2D eigenvalue weighted by Gasteiger charge is -2.06. The molecule has 0 atom stereocenters. The van der Waals surface area contributed by atoms with Gasteiger partial charge in [0, 0.05) is 16.3 Å². The summed E-state index contributed by atoms with van der Waals surface area (Å²) in [6.45, 7) is 2.35. The van der Waals surface area contributed by atoms with Crippen LogP contribution in [0.1, 0.15) is 11.1 Å². The molecule has 0 aromatic heterocycles. The molecule has 0 fully saturated rings. The first kappa shape index (κ1) is 12.2. The third-order valence-corrected chi connectivity index (χ3v) is 4.15. The van der Waals surface area contributed by atoms with Crippen molar-refractivity contribution in [3.05, 3.63) is 47.5 Å². The summed E-state index contributed by atoms with van der Waals surface area (Å²) in [4.78, 5) is 1.23. The van der Waals surface area contributed by atoms with Crippen molar-refractivity contribution in [3.8, 4) is 11.5 Å². The first-order chi connectivity index (χ1) is 9.22. The Kier molecular flexibility index (Phi) is 3.25. The van der Waals surface area contributed by atoms with E-state index in [4.69, 9.17) is 15.2 Å². The fourth-order valence-corrected chi connectivity index (χ4v) is 2.87. The molecule has 0 radical (unpaired) electrons. The maximum Gasteiger partial charge on any atom is 0.231 e. The first-order valence-electron chi connectivity index (χ1n) is 6.10. The van der Waals surface area contributed by atoms with Crippen LogP contribution in [0.5, 0.6) is 11.5 Å². The molecule has 1 aliphatic rings. The molecule has 19 heavy (non-hydrogen) atoms. The molecule has 2 N–H and O–H groups in total. The van der Waals surface area contributed by atoms with Crippen LogP contribution in [0, 0.1) is 6.92 Å². The van der Waals surface area contributed by atoms with Gasteiger partial charge in [0.1, 0.15) is 0 Å². The van der Waals surface area contributed by atoms with Crippen LogP contribution in [0.15, 0.2) is 41.3 Å². The minimum atomic E-state index is 0.323. The molecule has 1 heterocycles. The lowest BCUT2D eigenvalue weighted by atomic mass is 10.2. The van der Waals surface area contributed by atoms with Gasteiger partial charge in [-0.3, -0.25) is 0 Å². The molecule has 1 aliphatic heterocycles. The van der Waals surface area contributed by atoms with Gasteiger partial charge in [-0.15, -0.1) is 11.8 Å². The van der Waals surface area contributed by atoms with Gasteiger partial charge < -0.3 is 15.2 Å². The highest BCUT2D eigenvalue weighted by molar-refractivity contribution is 7.98. The lowest BCUT2D eigenvalue weighted by Crippen LogP contribution is -1.92. The Bertz CT molecular complexity index is 613. The van der Waals surface area contributed by atoms with Gasteiger partial charge in [0.15, 0.2) is 11.5 Å². The van der Waals surface area contributed by atoms with Gasteiger partial charge in [0.2, 0.25) is 6.79 Å². The Hall–Kier alpha value is -1.81. The number of fused-ring (bicyclic) bond motifs is 1. The van der Waals surface area contributed by atoms with Crippen LogP contribution in [0.4, 0.5) is 5.69 Å². The van der Waals surface area contributed by atoms with Gasteiger partial charge in [-0.2, -0.15) is 0 Å². The number of rotatable bonds is 3. The number of thioether (sulfide) groups is 1. The van der Waals surface area contributed by atoms with Crippen molar-refractivity contribution in [1.82, 2.24) is 0 Å². The summed E-state index contributed by atoms with van der Waals surface area (Å²) in [6.07, 6.45) is 0. The second kappa shape index (κ2) is 5.05. The van der Waals surface area contributed by atoms with Crippen LogP contribution < -0.4 is 15.2 Å². The third-order valence-electron chi connectivity index (χ3n) is 3.08. The second-order valence-electron chi connectivity index (χ2n) is 4.49. The number of ether oxygens (including phenoxy) is 2. The quantitative estimate of drug-likeness (QED) is 0.685. The van der Waals surface area contributed by atoms with Crippen LogP contribution in [-0.4, -0.2) is 6.79 Å². The Balaban J connectivity index is 1.70. The maximum atomic E-state index is 5.82. The van der Waals surface area contributed by atoms with Crippen molar-refractivity contribution in [2.45, 2.75) is 17.6 Å². The van der Waals surface area contributed by atoms with Crippen molar-refractivity contribution >= 4 is 17.4 Å². The molecule has 2 aromatic rings. The first-order valence-corrected chi connectivity index (χ1v) is 7.08. The summed E-state index contributed by atoms with van der Waals surface area (Å²) in [5.74, 6) is 2.57. The summed E-state index contributed by atoms with van der Waals surface area (Å²) < 4.78 is 10.7. The number of hydrogen-bond donors (Lipinski definition) is 1. The summed E-state index contributed by atoms with van der Waals surface area (Å²) in [5.41, 5.74) is 9.00. The topological polar surface area (TPSA) is 44.5 Å². The molecule has 4 heteroatoms. The average Bonchev–Trinajstić information content (AvgIpc) is 2.87. The number of nitrogen functional groups attached to an aromatic ring is 1. The zero-order valence-electron chi connectivity index (χ0n) is 10.7. The zero-order chi connectivity index (χ0) is 13.2. The number of aryl methyl sites for hydroxylation is 1. The highest BCUT2D eigenvalue weighted by atomic mass is 32.2. The number of anilines is 1. The summed E-state index contributed by atoms with van der Waals surface area (Å²) in [6, 6.07) is 12.2.